The third kappa shape index (κ3) is 4.60. The Kier molecular flexibility index (Phi) is 6.18. The minimum Gasteiger partial charge on any atom is -0.454 e. The standard InChI is InChI=1S/C26H22Cl2N4O2/c1-17-2-4-18(5-3-17)15-31-11-8-19-12-21(6-7-22(19)26(31)33)34-25-23(27)13-20(14-24(25)28)32-16-29-9-10-30-32/h2-7,9-10,12-14,16,30H,8,11,15H2,1H3. The van der Waals surface area contributed by atoms with E-state index < -0.39 is 0 Å². The Morgan fingerprint density at radius 2 is 1.82 bits per heavy atom. The molecular weight excluding hydrogens is 471 g/mol. The van der Waals surface area contributed by atoms with Crippen molar-refractivity contribution in [1.82, 2.24) is 10.3 Å². The van der Waals surface area contributed by atoms with Gasteiger partial charge in [0.2, 0.25) is 0 Å². The van der Waals surface area contributed by atoms with Crippen LogP contribution in [-0.2, 0) is 13.0 Å². The number of aryl methyl sites for hydroxylation is 1. The lowest BCUT2D eigenvalue weighted by atomic mass is 9.98. The average Bonchev–Trinajstić information content (AvgIpc) is 2.85. The average molecular weight is 493 g/mol. The SMILES string of the molecule is Cc1ccc(CN2CCc3cc(Oc4c(Cl)cc(N5C=NC=CN5)cc4Cl)ccc3C2=O)cc1. The zero-order valence-corrected chi connectivity index (χ0v) is 20.0. The first-order valence-corrected chi connectivity index (χ1v) is 11.6. The lowest BCUT2D eigenvalue weighted by molar-refractivity contribution is 0.0727. The van der Waals surface area contributed by atoms with Gasteiger partial charge in [0.1, 0.15) is 12.1 Å². The van der Waals surface area contributed by atoms with Crippen LogP contribution in [-0.4, -0.2) is 23.7 Å². The third-order valence-electron chi connectivity index (χ3n) is 5.78. The minimum absolute atomic E-state index is 0.0264. The molecule has 0 saturated heterocycles. The molecule has 1 N–H and O–H groups in total. The van der Waals surface area contributed by atoms with Crippen molar-refractivity contribution in [3.8, 4) is 11.5 Å². The molecule has 172 valence electrons. The Morgan fingerprint density at radius 3 is 2.53 bits per heavy atom. The Balaban J connectivity index is 1.32. The molecule has 0 fully saturated rings. The normalized spacial score (nSPS) is 14.7. The second-order valence-electron chi connectivity index (χ2n) is 8.20. The fourth-order valence-electron chi connectivity index (χ4n) is 3.98. The van der Waals surface area contributed by atoms with Gasteiger partial charge in [-0.2, -0.15) is 0 Å². The third-order valence-corrected chi connectivity index (χ3v) is 6.34. The number of ether oxygens (including phenoxy) is 1. The summed E-state index contributed by atoms with van der Waals surface area (Å²) in [6.45, 7) is 3.30. The van der Waals surface area contributed by atoms with Crippen molar-refractivity contribution in [2.45, 2.75) is 19.9 Å². The van der Waals surface area contributed by atoms with E-state index in [1.54, 1.807) is 41.9 Å². The van der Waals surface area contributed by atoms with Crippen molar-refractivity contribution >= 4 is 41.1 Å². The zero-order chi connectivity index (χ0) is 23.7. The molecule has 0 aromatic heterocycles. The maximum absolute atomic E-state index is 13.1. The molecule has 5 rings (SSSR count). The number of fused-ring (bicyclic) bond motifs is 1. The minimum atomic E-state index is 0.0264. The topological polar surface area (TPSA) is 57.2 Å². The van der Waals surface area contributed by atoms with Crippen molar-refractivity contribution in [2.24, 2.45) is 4.99 Å². The first kappa shape index (κ1) is 22.3. The molecule has 0 saturated carbocycles. The van der Waals surface area contributed by atoms with Crippen LogP contribution in [0.1, 0.15) is 27.0 Å². The van der Waals surface area contributed by atoms with E-state index in [4.69, 9.17) is 27.9 Å². The van der Waals surface area contributed by atoms with E-state index in [1.165, 1.54) is 5.56 Å². The monoisotopic (exact) mass is 492 g/mol. The molecule has 6 nitrogen and oxygen atoms in total. The summed E-state index contributed by atoms with van der Waals surface area (Å²) in [6, 6.07) is 17.2. The molecule has 0 bridgehead atoms. The number of anilines is 1. The maximum Gasteiger partial charge on any atom is 0.254 e. The highest BCUT2D eigenvalue weighted by atomic mass is 35.5. The van der Waals surface area contributed by atoms with E-state index in [-0.39, 0.29) is 5.91 Å². The summed E-state index contributed by atoms with van der Waals surface area (Å²) < 4.78 is 6.04. The van der Waals surface area contributed by atoms with Crippen LogP contribution in [0.3, 0.4) is 0 Å². The molecule has 8 heteroatoms. The van der Waals surface area contributed by atoms with Gasteiger partial charge in [-0.15, -0.1) is 0 Å². The Morgan fingerprint density at radius 1 is 1.06 bits per heavy atom. The number of halogens is 2. The Bertz CT molecular complexity index is 1280. The summed E-state index contributed by atoms with van der Waals surface area (Å²) >= 11 is 13.0. The molecule has 2 aliphatic rings. The molecule has 34 heavy (non-hydrogen) atoms. The van der Waals surface area contributed by atoms with Crippen LogP contribution in [0.25, 0.3) is 0 Å². The van der Waals surface area contributed by atoms with Crippen molar-refractivity contribution in [3.05, 3.63) is 99.3 Å². The lowest BCUT2D eigenvalue weighted by Gasteiger charge is -2.29. The van der Waals surface area contributed by atoms with Gasteiger partial charge in [-0.3, -0.25) is 10.2 Å². The van der Waals surface area contributed by atoms with Crippen LogP contribution in [0.4, 0.5) is 5.69 Å². The number of hydrogen-bond acceptors (Lipinski definition) is 5. The number of carbonyl (C=O) groups is 1. The molecule has 0 radical (unpaired) electrons. The lowest BCUT2D eigenvalue weighted by Crippen LogP contribution is -2.37. The number of hydrogen-bond donors (Lipinski definition) is 1. The molecule has 0 atom stereocenters. The summed E-state index contributed by atoms with van der Waals surface area (Å²) in [6.07, 6.45) is 5.70. The van der Waals surface area contributed by atoms with Crippen LogP contribution in [0.15, 0.2) is 72.0 Å². The summed E-state index contributed by atoms with van der Waals surface area (Å²) in [7, 11) is 0. The largest absolute Gasteiger partial charge is 0.454 e. The highest BCUT2D eigenvalue weighted by molar-refractivity contribution is 6.37. The van der Waals surface area contributed by atoms with Crippen molar-refractivity contribution in [2.75, 3.05) is 11.6 Å². The molecule has 3 aromatic carbocycles. The summed E-state index contributed by atoms with van der Waals surface area (Å²) in [5.41, 5.74) is 7.72. The van der Waals surface area contributed by atoms with Crippen LogP contribution < -0.4 is 15.2 Å². The van der Waals surface area contributed by atoms with E-state index in [2.05, 4.69) is 41.6 Å². The number of aliphatic imine (C=N–C) groups is 1. The molecule has 2 aliphatic heterocycles. The van der Waals surface area contributed by atoms with Crippen molar-refractivity contribution in [1.29, 1.82) is 0 Å². The summed E-state index contributed by atoms with van der Waals surface area (Å²) in [5.74, 6) is 0.967. The smallest absolute Gasteiger partial charge is 0.254 e. The van der Waals surface area contributed by atoms with E-state index >= 15 is 0 Å². The quantitative estimate of drug-likeness (QED) is 0.466. The van der Waals surface area contributed by atoms with E-state index in [0.717, 1.165) is 23.2 Å². The van der Waals surface area contributed by atoms with Crippen LogP contribution in [0, 0.1) is 6.92 Å². The Labute approximate surface area is 208 Å². The molecule has 0 aliphatic carbocycles. The highest BCUT2D eigenvalue weighted by Gasteiger charge is 2.25. The van der Waals surface area contributed by atoms with E-state index in [1.807, 2.05) is 17.0 Å². The van der Waals surface area contributed by atoms with Gasteiger partial charge >= 0.3 is 0 Å². The molecule has 3 aromatic rings. The van der Waals surface area contributed by atoms with Crippen LogP contribution >= 0.6 is 23.2 Å². The number of amides is 1. The first-order chi connectivity index (χ1) is 16.5. The molecule has 0 unspecified atom stereocenters. The van der Waals surface area contributed by atoms with Gasteiger partial charge in [-0.1, -0.05) is 53.0 Å². The first-order valence-electron chi connectivity index (χ1n) is 10.9. The van der Waals surface area contributed by atoms with Crippen molar-refractivity contribution in [3.63, 3.8) is 0 Å². The number of carbonyl (C=O) groups excluding carboxylic acids is 1. The molecule has 2 heterocycles. The zero-order valence-electron chi connectivity index (χ0n) is 18.5. The highest BCUT2D eigenvalue weighted by Crippen LogP contribution is 2.40. The van der Waals surface area contributed by atoms with Gasteiger partial charge in [0, 0.05) is 31.1 Å². The predicted octanol–water partition coefficient (Wildman–Crippen LogP) is 6.12. The van der Waals surface area contributed by atoms with Gasteiger partial charge in [0.25, 0.3) is 5.91 Å². The molecule has 0 spiro atoms. The van der Waals surface area contributed by atoms with Gasteiger partial charge in [-0.25, -0.2) is 10.0 Å². The van der Waals surface area contributed by atoms with Crippen molar-refractivity contribution < 1.29 is 9.53 Å². The second-order valence-corrected chi connectivity index (χ2v) is 9.02. The fourth-order valence-corrected chi connectivity index (χ4v) is 4.53. The molecule has 1 amide bonds. The van der Waals surface area contributed by atoms with Gasteiger partial charge < -0.3 is 9.64 Å². The summed E-state index contributed by atoms with van der Waals surface area (Å²) in [4.78, 5) is 19.0. The van der Waals surface area contributed by atoms with Gasteiger partial charge in [-0.05, 0) is 54.8 Å². The number of nitrogens with zero attached hydrogens (tertiary/aromatic N) is 3. The van der Waals surface area contributed by atoms with E-state index in [9.17, 15) is 4.79 Å². The second kappa shape index (κ2) is 9.41. The maximum atomic E-state index is 13.1. The number of nitrogens with one attached hydrogen (secondary N) is 1. The fraction of sp³-hybridized carbons (Fsp3) is 0.154. The number of hydrazine groups is 1. The summed E-state index contributed by atoms with van der Waals surface area (Å²) in [5, 5.41) is 2.42. The molecular formula is C26H22Cl2N4O2. The van der Waals surface area contributed by atoms with Gasteiger partial charge in [0.05, 0.1) is 15.7 Å². The predicted molar refractivity (Wildman–Crippen MR) is 136 cm³/mol. The van der Waals surface area contributed by atoms with Crippen LogP contribution in [0.5, 0.6) is 11.5 Å². The Hall–Kier alpha value is -3.48. The van der Waals surface area contributed by atoms with Crippen LogP contribution in [0.2, 0.25) is 10.0 Å². The number of benzene rings is 3. The van der Waals surface area contributed by atoms with E-state index in [0.29, 0.717) is 40.2 Å². The van der Waals surface area contributed by atoms with Gasteiger partial charge in [0.15, 0.2) is 5.75 Å². The number of rotatable bonds is 5.